The number of nitrogens with zero attached hydrogens (tertiary/aromatic N) is 1. The van der Waals surface area contributed by atoms with Gasteiger partial charge in [-0.2, -0.15) is 0 Å². The molecule has 1 heterocycles. The summed E-state index contributed by atoms with van der Waals surface area (Å²) in [6.07, 6.45) is 2.85. The summed E-state index contributed by atoms with van der Waals surface area (Å²) in [5.74, 6) is 0.674. The second kappa shape index (κ2) is 7.36. The summed E-state index contributed by atoms with van der Waals surface area (Å²) in [7, 11) is 0. The Hall–Kier alpha value is -1.45. The van der Waals surface area contributed by atoms with E-state index in [2.05, 4.69) is 17.2 Å². The smallest absolute Gasteiger partial charge is 0.130 e. The van der Waals surface area contributed by atoms with Crippen LogP contribution in [0.25, 0.3) is 0 Å². The van der Waals surface area contributed by atoms with Crippen molar-refractivity contribution >= 4 is 28.9 Å². The van der Waals surface area contributed by atoms with E-state index in [1.165, 1.54) is 0 Å². The van der Waals surface area contributed by atoms with E-state index < -0.39 is 0 Å². The Morgan fingerprint density at radius 1 is 1.15 bits per heavy atom. The van der Waals surface area contributed by atoms with Crippen LogP contribution in [-0.2, 0) is 6.61 Å². The van der Waals surface area contributed by atoms with Crippen molar-refractivity contribution in [2.45, 2.75) is 20.0 Å². The van der Waals surface area contributed by atoms with E-state index >= 15 is 0 Å². The molecule has 0 unspecified atom stereocenters. The number of hydrogen-bond donors (Lipinski definition) is 1. The average Bonchev–Trinajstić information content (AvgIpc) is 2.47. The summed E-state index contributed by atoms with van der Waals surface area (Å²) >= 11 is 11.8. The van der Waals surface area contributed by atoms with E-state index in [1.807, 2.05) is 12.1 Å². The molecule has 2 rings (SSSR count). The summed E-state index contributed by atoms with van der Waals surface area (Å²) in [5.41, 5.74) is 1.91. The lowest BCUT2D eigenvalue weighted by atomic mass is 10.3. The lowest BCUT2D eigenvalue weighted by Gasteiger charge is -2.09. The van der Waals surface area contributed by atoms with Gasteiger partial charge in [0.1, 0.15) is 12.4 Å². The van der Waals surface area contributed by atoms with Crippen molar-refractivity contribution in [3.63, 3.8) is 0 Å². The molecule has 3 nitrogen and oxygen atoms in total. The van der Waals surface area contributed by atoms with Crippen LogP contribution in [0.3, 0.4) is 0 Å². The highest BCUT2D eigenvalue weighted by atomic mass is 35.5. The Labute approximate surface area is 128 Å². The Bertz CT molecular complexity index is 576. The average molecular weight is 311 g/mol. The van der Waals surface area contributed by atoms with Crippen LogP contribution in [0.1, 0.15) is 19.0 Å². The molecule has 0 aliphatic rings. The normalized spacial score (nSPS) is 10.3. The number of ether oxygens (including phenoxy) is 1. The van der Waals surface area contributed by atoms with E-state index in [0.29, 0.717) is 22.4 Å². The van der Waals surface area contributed by atoms with E-state index in [0.717, 1.165) is 24.3 Å². The molecule has 0 aliphatic carbocycles. The molecule has 1 aromatic heterocycles. The summed E-state index contributed by atoms with van der Waals surface area (Å²) < 4.78 is 5.65. The molecule has 0 saturated heterocycles. The first-order valence-electron chi connectivity index (χ1n) is 6.45. The molecule has 0 atom stereocenters. The van der Waals surface area contributed by atoms with E-state index in [9.17, 15) is 0 Å². The van der Waals surface area contributed by atoms with Gasteiger partial charge in [-0.3, -0.25) is 4.98 Å². The van der Waals surface area contributed by atoms with Crippen LogP contribution in [0, 0.1) is 0 Å². The van der Waals surface area contributed by atoms with Crippen LogP contribution in [0.2, 0.25) is 10.0 Å². The first kappa shape index (κ1) is 14.9. The monoisotopic (exact) mass is 310 g/mol. The number of benzene rings is 1. The minimum absolute atomic E-state index is 0.388. The molecule has 2 aromatic rings. The molecule has 0 amide bonds. The third kappa shape index (κ3) is 4.29. The molecule has 5 heteroatoms. The third-order valence-corrected chi connectivity index (χ3v) is 3.41. The largest absolute Gasteiger partial charge is 0.487 e. The fourth-order valence-electron chi connectivity index (χ4n) is 1.66. The Morgan fingerprint density at radius 2 is 2.00 bits per heavy atom. The highest BCUT2D eigenvalue weighted by molar-refractivity contribution is 6.42. The highest BCUT2D eigenvalue weighted by Crippen LogP contribution is 2.26. The highest BCUT2D eigenvalue weighted by Gasteiger charge is 2.02. The number of aromatic nitrogens is 1. The predicted molar refractivity (Wildman–Crippen MR) is 83.8 cm³/mol. The molecular formula is C15H16Cl2N2O. The maximum absolute atomic E-state index is 5.94. The second-order valence-corrected chi connectivity index (χ2v) is 5.14. The van der Waals surface area contributed by atoms with Gasteiger partial charge in [-0.25, -0.2) is 0 Å². The van der Waals surface area contributed by atoms with Gasteiger partial charge >= 0.3 is 0 Å². The van der Waals surface area contributed by atoms with Crippen LogP contribution >= 0.6 is 23.2 Å². The SMILES string of the molecule is CCCNc1ccnc(COc2ccc(Cl)c(Cl)c2)c1. The summed E-state index contributed by atoms with van der Waals surface area (Å²) in [5, 5.41) is 4.31. The molecule has 1 N–H and O–H groups in total. The summed E-state index contributed by atoms with van der Waals surface area (Å²) in [6, 6.07) is 9.12. The van der Waals surface area contributed by atoms with Crippen LogP contribution in [0.5, 0.6) is 5.75 Å². The lowest BCUT2D eigenvalue weighted by Crippen LogP contribution is -2.03. The van der Waals surface area contributed by atoms with Gasteiger partial charge in [-0.15, -0.1) is 0 Å². The molecule has 0 bridgehead atoms. The van der Waals surface area contributed by atoms with Crippen molar-refractivity contribution in [2.75, 3.05) is 11.9 Å². The van der Waals surface area contributed by atoms with Crippen molar-refractivity contribution in [1.82, 2.24) is 4.98 Å². The Balaban J connectivity index is 1.97. The standard InChI is InChI=1S/C15H16Cl2N2O/c1-2-6-18-11-5-7-19-12(8-11)10-20-13-3-4-14(16)15(17)9-13/h3-5,7-9H,2,6,10H2,1H3,(H,18,19). The van der Waals surface area contributed by atoms with Gasteiger partial charge in [-0.05, 0) is 30.7 Å². The number of rotatable bonds is 6. The molecule has 0 aliphatic heterocycles. The van der Waals surface area contributed by atoms with Crippen molar-refractivity contribution in [2.24, 2.45) is 0 Å². The second-order valence-electron chi connectivity index (χ2n) is 4.33. The minimum Gasteiger partial charge on any atom is -0.487 e. The molecule has 1 aromatic carbocycles. The van der Waals surface area contributed by atoms with Crippen LogP contribution in [0.4, 0.5) is 5.69 Å². The maximum Gasteiger partial charge on any atom is 0.130 e. The van der Waals surface area contributed by atoms with Crippen molar-refractivity contribution in [3.05, 3.63) is 52.3 Å². The number of anilines is 1. The number of nitrogens with one attached hydrogen (secondary N) is 1. The maximum atomic E-state index is 5.94. The predicted octanol–water partition coefficient (Wildman–Crippen LogP) is 4.79. The first-order valence-corrected chi connectivity index (χ1v) is 7.21. The van der Waals surface area contributed by atoms with Gasteiger partial charge in [0.05, 0.1) is 15.7 Å². The van der Waals surface area contributed by atoms with Gasteiger partial charge < -0.3 is 10.1 Å². The Kier molecular flexibility index (Phi) is 5.50. The fraction of sp³-hybridized carbons (Fsp3) is 0.267. The van der Waals surface area contributed by atoms with E-state index in [4.69, 9.17) is 27.9 Å². The zero-order valence-electron chi connectivity index (χ0n) is 11.2. The van der Waals surface area contributed by atoms with Gasteiger partial charge in [-0.1, -0.05) is 30.1 Å². The third-order valence-electron chi connectivity index (χ3n) is 2.67. The van der Waals surface area contributed by atoms with Gasteiger partial charge in [0.15, 0.2) is 0 Å². The molecule has 0 radical (unpaired) electrons. The van der Waals surface area contributed by atoms with E-state index in [-0.39, 0.29) is 0 Å². The molecule has 0 saturated carbocycles. The van der Waals surface area contributed by atoms with Gasteiger partial charge in [0, 0.05) is 24.5 Å². The van der Waals surface area contributed by atoms with Crippen molar-refractivity contribution in [3.8, 4) is 5.75 Å². The fourth-order valence-corrected chi connectivity index (χ4v) is 1.95. The quantitative estimate of drug-likeness (QED) is 0.833. The lowest BCUT2D eigenvalue weighted by molar-refractivity contribution is 0.301. The topological polar surface area (TPSA) is 34.2 Å². The van der Waals surface area contributed by atoms with Crippen LogP contribution < -0.4 is 10.1 Å². The van der Waals surface area contributed by atoms with Crippen molar-refractivity contribution < 1.29 is 4.74 Å². The number of pyridine rings is 1. The first-order chi connectivity index (χ1) is 9.69. The Morgan fingerprint density at radius 3 is 2.75 bits per heavy atom. The molecule has 0 spiro atoms. The molecular weight excluding hydrogens is 295 g/mol. The zero-order valence-corrected chi connectivity index (χ0v) is 12.7. The van der Waals surface area contributed by atoms with Crippen molar-refractivity contribution in [1.29, 1.82) is 0 Å². The zero-order chi connectivity index (χ0) is 14.4. The van der Waals surface area contributed by atoms with Crippen LogP contribution in [-0.4, -0.2) is 11.5 Å². The molecule has 106 valence electrons. The number of halogens is 2. The minimum atomic E-state index is 0.388. The summed E-state index contributed by atoms with van der Waals surface area (Å²) in [4.78, 5) is 4.28. The number of hydrogen-bond acceptors (Lipinski definition) is 3. The molecule has 20 heavy (non-hydrogen) atoms. The van der Waals surface area contributed by atoms with E-state index in [1.54, 1.807) is 24.4 Å². The van der Waals surface area contributed by atoms with Gasteiger partial charge in [0.2, 0.25) is 0 Å². The molecule has 0 fully saturated rings. The van der Waals surface area contributed by atoms with Crippen LogP contribution in [0.15, 0.2) is 36.5 Å². The van der Waals surface area contributed by atoms with Gasteiger partial charge in [0.25, 0.3) is 0 Å². The summed E-state index contributed by atoms with van der Waals surface area (Å²) in [6.45, 7) is 3.46.